The molecule has 0 radical (unpaired) electrons. The lowest BCUT2D eigenvalue weighted by Crippen LogP contribution is -2.32. The lowest BCUT2D eigenvalue weighted by molar-refractivity contribution is 0.487. The molecule has 2 nitrogen and oxygen atoms in total. The summed E-state index contributed by atoms with van der Waals surface area (Å²) in [5.74, 6) is -2.15. The average molecular weight is 294 g/mol. The van der Waals surface area contributed by atoms with E-state index in [9.17, 15) is 13.2 Å². The normalized spacial score (nSPS) is 12.2. The molecule has 2 aromatic carbocycles. The van der Waals surface area contributed by atoms with Crippen molar-refractivity contribution in [3.05, 3.63) is 65.5 Å². The Morgan fingerprint density at radius 1 is 1.05 bits per heavy atom. The van der Waals surface area contributed by atoms with E-state index in [-0.39, 0.29) is 11.4 Å². The van der Waals surface area contributed by atoms with Crippen LogP contribution in [0.15, 0.2) is 42.5 Å². The van der Waals surface area contributed by atoms with Gasteiger partial charge in [-0.1, -0.05) is 12.1 Å². The fourth-order valence-electron chi connectivity index (χ4n) is 2.21. The van der Waals surface area contributed by atoms with Crippen molar-refractivity contribution in [1.29, 1.82) is 0 Å². The van der Waals surface area contributed by atoms with Gasteiger partial charge in [0.05, 0.1) is 6.04 Å². The van der Waals surface area contributed by atoms with E-state index in [2.05, 4.69) is 0 Å². The molecule has 0 aromatic heterocycles. The molecule has 2 aromatic rings. The van der Waals surface area contributed by atoms with Crippen LogP contribution in [0, 0.1) is 17.5 Å². The van der Waals surface area contributed by atoms with Crippen LogP contribution in [0.25, 0.3) is 0 Å². The van der Waals surface area contributed by atoms with Crippen molar-refractivity contribution in [1.82, 2.24) is 0 Å². The third-order valence-electron chi connectivity index (χ3n) is 3.37. The Bertz CT molecular complexity index is 599. The number of hydrogen-bond acceptors (Lipinski definition) is 2. The zero-order valence-corrected chi connectivity index (χ0v) is 11.7. The monoisotopic (exact) mass is 294 g/mol. The van der Waals surface area contributed by atoms with Gasteiger partial charge >= 0.3 is 0 Å². The van der Waals surface area contributed by atoms with Crippen LogP contribution in [0.4, 0.5) is 18.9 Å². The number of benzene rings is 2. The predicted octanol–water partition coefficient (Wildman–Crippen LogP) is 3.63. The lowest BCUT2D eigenvalue weighted by atomic mass is 10.1. The van der Waals surface area contributed by atoms with Crippen LogP contribution in [0.3, 0.4) is 0 Å². The molecule has 0 aliphatic rings. The maximum absolute atomic E-state index is 13.7. The second-order valence-corrected chi connectivity index (χ2v) is 4.76. The molecule has 0 heterocycles. The van der Waals surface area contributed by atoms with Crippen molar-refractivity contribution in [2.45, 2.75) is 13.0 Å². The molecule has 0 saturated carbocycles. The van der Waals surface area contributed by atoms with Gasteiger partial charge in [-0.15, -0.1) is 0 Å². The number of rotatable bonds is 5. The molecule has 2 N–H and O–H groups in total. The van der Waals surface area contributed by atoms with Crippen LogP contribution in [0.2, 0.25) is 0 Å². The molecule has 1 unspecified atom stereocenters. The Morgan fingerprint density at radius 3 is 2.33 bits per heavy atom. The van der Waals surface area contributed by atoms with Gasteiger partial charge in [0, 0.05) is 24.3 Å². The Morgan fingerprint density at radius 2 is 1.71 bits per heavy atom. The van der Waals surface area contributed by atoms with Crippen molar-refractivity contribution < 1.29 is 13.2 Å². The molecule has 21 heavy (non-hydrogen) atoms. The Kier molecular flexibility index (Phi) is 4.85. The van der Waals surface area contributed by atoms with E-state index >= 15 is 0 Å². The molecule has 0 bridgehead atoms. The fourth-order valence-corrected chi connectivity index (χ4v) is 2.21. The fraction of sp³-hybridized carbons (Fsp3) is 0.250. The first-order valence-corrected chi connectivity index (χ1v) is 6.73. The molecule has 0 aliphatic carbocycles. The topological polar surface area (TPSA) is 29.3 Å². The minimum Gasteiger partial charge on any atom is -0.370 e. The highest BCUT2D eigenvalue weighted by molar-refractivity contribution is 5.46. The molecule has 0 saturated heterocycles. The largest absolute Gasteiger partial charge is 0.370 e. The minimum atomic E-state index is -0.917. The van der Waals surface area contributed by atoms with Gasteiger partial charge in [-0.05, 0) is 37.3 Å². The molecule has 0 amide bonds. The average Bonchev–Trinajstić information content (AvgIpc) is 2.48. The van der Waals surface area contributed by atoms with Crippen LogP contribution >= 0.6 is 0 Å². The quantitative estimate of drug-likeness (QED) is 0.912. The van der Waals surface area contributed by atoms with Gasteiger partial charge in [0.15, 0.2) is 11.6 Å². The third kappa shape index (κ3) is 3.55. The van der Waals surface area contributed by atoms with Gasteiger partial charge < -0.3 is 10.6 Å². The van der Waals surface area contributed by atoms with Gasteiger partial charge in [-0.3, -0.25) is 0 Å². The Balaban J connectivity index is 2.18. The third-order valence-corrected chi connectivity index (χ3v) is 3.37. The highest BCUT2D eigenvalue weighted by Crippen LogP contribution is 2.21. The van der Waals surface area contributed by atoms with E-state index in [0.29, 0.717) is 13.1 Å². The van der Waals surface area contributed by atoms with E-state index in [1.54, 1.807) is 12.1 Å². The zero-order chi connectivity index (χ0) is 15.4. The van der Waals surface area contributed by atoms with E-state index in [4.69, 9.17) is 5.73 Å². The van der Waals surface area contributed by atoms with Crippen molar-refractivity contribution in [3.8, 4) is 0 Å². The molecule has 5 heteroatoms. The standard InChI is InChI=1S/C16H17F3N2/c1-2-21(12-8-6-11(17)7-9-12)10-15(20)13-4-3-5-14(18)16(13)19/h3-9,15H,2,10,20H2,1H3. The van der Waals surface area contributed by atoms with Crippen LogP contribution in [-0.4, -0.2) is 13.1 Å². The maximum atomic E-state index is 13.7. The summed E-state index contributed by atoms with van der Waals surface area (Å²) in [6.45, 7) is 2.84. The summed E-state index contributed by atoms with van der Waals surface area (Å²) in [6.07, 6.45) is 0. The zero-order valence-electron chi connectivity index (χ0n) is 11.7. The van der Waals surface area contributed by atoms with Crippen molar-refractivity contribution in [2.75, 3.05) is 18.0 Å². The van der Waals surface area contributed by atoms with Crippen molar-refractivity contribution >= 4 is 5.69 Å². The molecular weight excluding hydrogens is 277 g/mol. The van der Waals surface area contributed by atoms with E-state index in [1.807, 2.05) is 11.8 Å². The highest BCUT2D eigenvalue weighted by Gasteiger charge is 2.17. The van der Waals surface area contributed by atoms with Crippen LogP contribution in [-0.2, 0) is 0 Å². The second-order valence-electron chi connectivity index (χ2n) is 4.76. The van der Waals surface area contributed by atoms with E-state index in [1.165, 1.54) is 24.3 Å². The molecule has 1 atom stereocenters. The second kappa shape index (κ2) is 6.63. The van der Waals surface area contributed by atoms with Gasteiger partial charge in [0.1, 0.15) is 5.82 Å². The van der Waals surface area contributed by atoms with Gasteiger partial charge in [0.25, 0.3) is 0 Å². The lowest BCUT2D eigenvalue weighted by Gasteiger charge is -2.27. The summed E-state index contributed by atoms with van der Waals surface area (Å²) < 4.78 is 39.9. The first kappa shape index (κ1) is 15.4. The molecule has 0 fully saturated rings. The van der Waals surface area contributed by atoms with Crippen LogP contribution in [0.5, 0.6) is 0 Å². The predicted molar refractivity (Wildman–Crippen MR) is 77.6 cm³/mol. The van der Waals surface area contributed by atoms with Gasteiger partial charge in [-0.25, -0.2) is 13.2 Å². The summed E-state index contributed by atoms with van der Waals surface area (Å²) in [5.41, 5.74) is 6.90. The summed E-state index contributed by atoms with van der Waals surface area (Å²) in [5, 5.41) is 0. The SMILES string of the molecule is CCN(CC(N)c1cccc(F)c1F)c1ccc(F)cc1. The summed E-state index contributed by atoms with van der Waals surface area (Å²) in [6, 6.07) is 9.26. The summed E-state index contributed by atoms with van der Waals surface area (Å²) in [4.78, 5) is 1.88. The van der Waals surface area contributed by atoms with E-state index in [0.717, 1.165) is 11.8 Å². The number of halogens is 3. The molecule has 0 aliphatic heterocycles. The van der Waals surface area contributed by atoms with Crippen molar-refractivity contribution in [2.24, 2.45) is 5.73 Å². The number of hydrogen-bond donors (Lipinski definition) is 1. The molecule has 112 valence electrons. The Hall–Kier alpha value is -2.01. The summed E-state index contributed by atoms with van der Waals surface area (Å²) >= 11 is 0. The molecular formula is C16H17F3N2. The Labute approximate surface area is 122 Å². The minimum absolute atomic E-state index is 0.135. The maximum Gasteiger partial charge on any atom is 0.163 e. The van der Waals surface area contributed by atoms with Gasteiger partial charge in [-0.2, -0.15) is 0 Å². The van der Waals surface area contributed by atoms with Crippen molar-refractivity contribution in [3.63, 3.8) is 0 Å². The van der Waals surface area contributed by atoms with Gasteiger partial charge in [0.2, 0.25) is 0 Å². The molecule has 0 spiro atoms. The highest BCUT2D eigenvalue weighted by atomic mass is 19.2. The number of nitrogens with zero attached hydrogens (tertiary/aromatic N) is 1. The number of nitrogens with two attached hydrogens (primary N) is 1. The van der Waals surface area contributed by atoms with Crippen LogP contribution in [0.1, 0.15) is 18.5 Å². The number of anilines is 1. The smallest absolute Gasteiger partial charge is 0.163 e. The first-order chi connectivity index (χ1) is 10.0. The first-order valence-electron chi connectivity index (χ1n) is 6.73. The number of likely N-dealkylation sites (N-methyl/N-ethyl adjacent to an activating group) is 1. The summed E-state index contributed by atoms with van der Waals surface area (Å²) in [7, 11) is 0. The van der Waals surface area contributed by atoms with Crippen LogP contribution < -0.4 is 10.6 Å². The molecule has 2 rings (SSSR count). The van der Waals surface area contributed by atoms with E-state index < -0.39 is 17.7 Å².